The molecular formula is C23H20N2O5. The minimum absolute atomic E-state index is 0.125. The van der Waals surface area contributed by atoms with E-state index in [9.17, 15) is 14.9 Å². The molecular weight excluding hydrogens is 384 g/mol. The van der Waals surface area contributed by atoms with Crippen LogP contribution in [0.25, 0.3) is 10.9 Å². The number of benzene rings is 2. The molecule has 0 bridgehead atoms. The van der Waals surface area contributed by atoms with E-state index in [0.29, 0.717) is 23.5 Å². The van der Waals surface area contributed by atoms with Crippen LogP contribution < -0.4 is 9.47 Å². The van der Waals surface area contributed by atoms with E-state index >= 15 is 0 Å². The smallest absolute Gasteiger partial charge is 0.231 e. The monoisotopic (exact) mass is 404 g/mol. The third-order valence-electron chi connectivity index (χ3n) is 6.08. The summed E-state index contributed by atoms with van der Waals surface area (Å²) in [5, 5.41) is 13.1. The molecule has 2 heterocycles. The lowest BCUT2D eigenvalue weighted by molar-refractivity contribution is -0.528. The van der Waals surface area contributed by atoms with E-state index in [4.69, 9.17) is 9.47 Å². The third kappa shape index (κ3) is 3.12. The minimum atomic E-state index is -0.884. The van der Waals surface area contributed by atoms with Gasteiger partial charge in [0.25, 0.3) is 0 Å². The summed E-state index contributed by atoms with van der Waals surface area (Å²) in [7, 11) is 0. The van der Waals surface area contributed by atoms with E-state index in [1.165, 1.54) is 0 Å². The molecule has 1 N–H and O–H groups in total. The van der Waals surface area contributed by atoms with Crippen LogP contribution in [0.4, 0.5) is 0 Å². The summed E-state index contributed by atoms with van der Waals surface area (Å²) in [5.74, 6) is 0.663. The summed E-state index contributed by atoms with van der Waals surface area (Å²) in [6.45, 7) is 0.149. The van der Waals surface area contributed by atoms with E-state index in [1.807, 2.05) is 48.7 Å². The summed E-state index contributed by atoms with van der Waals surface area (Å²) >= 11 is 0. The molecule has 7 heteroatoms. The van der Waals surface area contributed by atoms with Gasteiger partial charge >= 0.3 is 0 Å². The molecule has 1 aliphatic heterocycles. The molecule has 1 aromatic heterocycles. The van der Waals surface area contributed by atoms with Crippen LogP contribution in [0.2, 0.25) is 0 Å². The van der Waals surface area contributed by atoms with E-state index in [2.05, 4.69) is 4.98 Å². The lowest BCUT2D eigenvalue weighted by Gasteiger charge is -2.32. The number of fused-ring (bicyclic) bond motifs is 2. The molecule has 1 aliphatic carbocycles. The van der Waals surface area contributed by atoms with Crippen LogP contribution in [0.1, 0.15) is 23.5 Å². The van der Waals surface area contributed by atoms with Gasteiger partial charge in [-0.05, 0) is 47.2 Å². The second-order valence-corrected chi connectivity index (χ2v) is 7.78. The van der Waals surface area contributed by atoms with Crippen molar-refractivity contribution < 1.29 is 19.2 Å². The Hall–Kier alpha value is -3.61. The number of para-hydroxylation sites is 1. The number of aldehydes is 1. The van der Waals surface area contributed by atoms with Gasteiger partial charge in [0.2, 0.25) is 12.8 Å². The zero-order chi connectivity index (χ0) is 20.7. The highest BCUT2D eigenvalue weighted by Gasteiger charge is 2.42. The Labute approximate surface area is 172 Å². The number of aromatic nitrogens is 1. The number of nitrogens with zero attached hydrogens (tertiary/aromatic N) is 1. The maximum atomic E-state index is 12.0. The summed E-state index contributed by atoms with van der Waals surface area (Å²) in [6.07, 6.45) is 5.31. The highest BCUT2D eigenvalue weighted by molar-refractivity contribution is 5.83. The van der Waals surface area contributed by atoms with Gasteiger partial charge in [-0.3, -0.25) is 14.9 Å². The number of rotatable bonds is 5. The van der Waals surface area contributed by atoms with E-state index < -0.39 is 6.04 Å². The van der Waals surface area contributed by atoms with Crippen LogP contribution in [0.5, 0.6) is 11.5 Å². The predicted octanol–water partition coefficient (Wildman–Crippen LogP) is 4.01. The van der Waals surface area contributed by atoms with Gasteiger partial charge in [-0.25, -0.2) is 0 Å². The second kappa shape index (κ2) is 7.33. The first-order valence-electron chi connectivity index (χ1n) is 9.88. The van der Waals surface area contributed by atoms with Crippen molar-refractivity contribution in [3.8, 4) is 11.5 Å². The molecule has 0 saturated carbocycles. The normalized spacial score (nSPS) is 22.7. The first-order chi connectivity index (χ1) is 14.6. The van der Waals surface area contributed by atoms with Gasteiger partial charge in [0.15, 0.2) is 11.5 Å². The van der Waals surface area contributed by atoms with Gasteiger partial charge in [-0.1, -0.05) is 30.3 Å². The molecule has 7 nitrogen and oxygen atoms in total. The summed E-state index contributed by atoms with van der Waals surface area (Å²) in [4.78, 5) is 26.6. The third-order valence-corrected chi connectivity index (χ3v) is 6.08. The quantitative estimate of drug-likeness (QED) is 0.394. The van der Waals surface area contributed by atoms with Crippen LogP contribution >= 0.6 is 0 Å². The van der Waals surface area contributed by atoms with Gasteiger partial charge in [0.1, 0.15) is 6.29 Å². The second-order valence-electron chi connectivity index (χ2n) is 7.78. The topological polar surface area (TPSA) is 94.5 Å². The van der Waals surface area contributed by atoms with Crippen molar-refractivity contribution in [2.75, 3.05) is 6.79 Å². The van der Waals surface area contributed by atoms with Crippen LogP contribution in [0, 0.1) is 16.0 Å². The molecule has 2 aromatic carbocycles. The summed E-state index contributed by atoms with van der Waals surface area (Å²) < 4.78 is 10.9. The van der Waals surface area contributed by atoms with E-state index in [-0.39, 0.29) is 30.0 Å². The van der Waals surface area contributed by atoms with Gasteiger partial charge in [0, 0.05) is 28.4 Å². The number of carbonyl (C=O) groups excluding carboxylic acids is 1. The number of nitrogens with one attached hydrogen (secondary N) is 1. The van der Waals surface area contributed by atoms with Crippen molar-refractivity contribution in [2.24, 2.45) is 5.92 Å². The van der Waals surface area contributed by atoms with Crippen LogP contribution in [-0.4, -0.2) is 29.0 Å². The maximum absolute atomic E-state index is 12.0. The van der Waals surface area contributed by atoms with Crippen LogP contribution in [0.3, 0.4) is 0 Å². The van der Waals surface area contributed by atoms with Crippen molar-refractivity contribution in [3.05, 3.63) is 81.6 Å². The van der Waals surface area contributed by atoms with Crippen molar-refractivity contribution in [1.29, 1.82) is 0 Å². The fourth-order valence-electron chi connectivity index (χ4n) is 4.72. The number of aromatic amines is 1. The zero-order valence-corrected chi connectivity index (χ0v) is 16.1. The lowest BCUT2D eigenvalue weighted by atomic mass is 9.71. The Kier molecular flexibility index (Phi) is 4.50. The fraction of sp³-hybridized carbons (Fsp3) is 0.261. The number of nitro groups is 1. The average Bonchev–Trinajstić information content (AvgIpc) is 3.39. The molecule has 0 fully saturated rings. The molecule has 152 valence electrons. The van der Waals surface area contributed by atoms with E-state index in [1.54, 1.807) is 6.07 Å². The molecule has 0 saturated heterocycles. The molecule has 0 unspecified atom stereocenters. The maximum Gasteiger partial charge on any atom is 0.231 e. The molecule has 3 aromatic rings. The Morgan fingerprint density at radius 1 is 1.17 bits per heavy atom. The Balaban J connectivity index is 1.58. The van der Waals surface area contributed by atoms with Gasteiger partial charge in [-0.2, -0.15) is 0 Å². The van der Waals surface area contributed by atoms with Crippen molar-refractivity contribution in [2.45, 2.75) is 24.8 Å². The largest absolute Gasteiger partial charge is 0.454 e. The molecule has 30 heavy (non-hydrogen) atoms. The van der Waals surface area contributed by atoms with Gasteiger partial charge < -0.3 is 14.5 Å². The Morgan fingerprint density at radius 2 is 2.00 bits per heavy atom. The van der Waals surface area contributed by atoms with Gasteiger partial charge in [0.05, 0.1) is 5.92 Å². The standard InChI is InChI=1S/C23H20N2O5/c26-12-14-7-16(9-17-11-24-19-4-2-1-3-18(17)19)23(20(8-14)25(27)28)15-5-6-21-22(10-15)30-13-29-21/h1-7,10-12,16,20,23-24H,8-9,13H2/t16-,20+,23-/m1/s1. The molecule has 5 rings (SSSR count). The SMILES string of the molecule is O=CC1=C[C@H](Cc2c[nH]c3ccccc23)[C@@H](c2ccc3c(c2)OCO3)[C@@H]([N+](=O)[O-])C1. The van der Waals surface area contributed by atoms with Crippen LogP contribution in [-0.2, 0) is 11.2 Å². The molecule has 2 aliphatic rings. The molecule has 3 atom stereocenters. The minimum Gasteiger partial charge on any atom is -0.454 e. The number of carbonyl (C=O) groups is 1. The zero-order valence-electron chi connectivity index (χ0n) is 16.1. The fourth-order valence-corrected chi connectivity index (χ4v) is 4.72. The Morgan fingerprint density at radius 3 is 2.83 bits per heavy atom. The number of H-pyrrole nitrogens is 1. The molecule has 0 radical (unpaired) electrons. The average molecular weight is 404 g/mol. The first-order valence-corrected chi connectivity index (χ1v) is 9.88. The number of hydrogen-bond acceptors (Lipinski definition) is 5. The highest BCUT2D eigenvalue weighted by Crippen LogP contribution is 2.43. The number of ether oxygens (including phenoxy) is 2. The lowest BCUT2D eigenvalue weighted by Crippen LogP contribution is -2.36. The van der Waals surface area contributed by atoms with Gasteiger partial charge in [-0.15, -0.1) is 0 Å². The molecule has 0 spiro atoms. The van der Waals surface area contributed by atoms with Crippen LogP contribution in [0.15, 0.2) is 60.3 Å². The summed E-state index contributed by atoms with van der Waals surface area (Å²) in [6, 6.07) is 12.6. The highest BCUT2D eigenvalue weighted by atomic mass is 16.7. The molecule has 0 amide bonds. The summed E-state index contributed by atoms with van der Waals surface area (Å²) in [5.41, 5.74) is 3.41. The Bertz CT molecular complexity index is 1170. The van der Waals surface area contributed by atoms with Crippen molar-refractivity contribution in [1.82, 2.24) is 4.98 Å². The van der Waals surface area contributed by atoms with E-state index in [0.717, 1.165) is 28.3 Å². The van der Waals surface area contributed by atoms with Crippen molar-refractivity contribution in [3.63, 3.8) is 0 Å². The van der Waals surface area contributed by atoms with Crippen molar-refractivity contribution >= 4 is 17.2 Å². The first kappa shape index (κ1) is 18.4. The predicted molar refractivity (Wildman–Crippen MR) is 110 cm³/mol. The number of allylic oxidation sites excluding steroid dienone is 1. The number of hydrogen-bond donors (Lipinski definition) is 1.